The molecule has 0 aromatic heterocycles. The molecule has 2 heterocycles. The summed E-state index contributed by atoms with van der Waals surface area (Å²) in [6.45, 7) is 0.675. The first-order chi connectivity index (χ1) is 19.4. The minimum atomic E-state index is -1.77. The van der Waals surface area contributed by atoms with E-state index in [4.69, 9.17) is 18.9 Å². The molecular weight excluding hydrogens is 548 g/mol. The van der Waals surface area contributed by atoms with E-state index in [-0.39, 0.29) is 29.9 Å². The number of carbonyl (C=O) groups excluding carboxylic acids is 1. The largest absolute Gasteiger partial charge is 0.508 e. The summed E-state index contributed by atoms with van der Waals surface area (Å²) in [5.41, 5.74) is 0.385. The van der Waals surface area contributed by atoms with Crippen molar-refractivity contribution in [3.05, 3.63) is 47.5 Å². The van der Waals surface area contributed by atoms with Gasteiger partial charge in [-0.2, -0.15) is 0 Å². The number of carbonyl (C=O) groups is 1. The third-order valence-electron chi connectivity index (χ3n) is 7.10. The fraction of sp³-hybridized carbons (Fsp3) is 0.519. The first-order valence-corrected chi connectivity index (χ1v) is 12.9. The summed E-state index contributed by atoms with van der Waals surface area (Å²) in [4.78, 5) is 12.7. The minimum absolute atomic E-state index is 0.0706. The van der Waals surface area contributed by atoms with Crippen molar-refractivity contribution in [1.29, 1.82) is 0 Å². The van der Waals surface area contributed by atoms with Gasteiger partial charge in [-0.3, -0.25) is 4.79 Å². The maximum atomic E-state index is 12.7. The van der Waals surface area contributed by atoms with Gasteiger partial charge in [-0.25, -0.2) is 0 Å². The third-order valence-corrected chi connectivity index (χ3v) is 7.10. The Morgan fingerprint density at radius 1 is 0.829 bits per heavy atom. The first-order valence-electron chi connectivity index (χ1n) is 12.9. The molecule has 0 bridgehead atoms. The smallest absolute Gasteiger partial charge is 0.229 e. The van der Waals surface area contributed by atoms with Crippen LogP contribution in [0.1, 0.15) is 29.3 Å². The topological polar surface area (TPSA) is 236 Å². The Bertz CT molecular complexity index is 1170. The van der Waals surface area contributed by atoms with Crippen LogP contribution in [0.5, 0.6) is 23.0 Å². The second-order valence-corrected chi connectivity index (χ2v) is 10.0. The Labute approximate surface area is 234 Å². The molecule has 2 aromatic rings. The number of phenols is 3. The van der Waals surface area contributed by atoms with Crippen LogP contribution < -0.4 is 4.74 Å². The van der Waals surface area contributed by atoms with Crippen molar-refractivity contribution >= 4 is 5.78 Å². The van der Waals surface area contributed by atoms with E-state index in [2.05, 4.69) is 0 Å². The van der Waals surface area contributed by atoms with Gasteiger partial charge in [-0.05, 0) is 31.0 Å². The lowest BCUT2D eigenvalue weighted by atomic mass is 9.97. The van der Waals surface area contributed by atoms with E-state index in [0.717, 1.165) is 17.7 Å². The summed E-state index contributed by atoms with van der Waals surface area (Å²) in [6, 6.07) is 8.22. The first kappa shape index (κ1) is 30.9. The van der Waals surface area contributed by atoms with E-state index in [1.54, 1.807) is 12.1 Å². The summed E-state index contributed by atoms with van der Waals surface area (Å²) in [6.07, 6.45) is -15.3. The van der Waals surface area contributed by atoms with Gasteiger partial charge in [0.1, 0.15) is 65.2 Å². The molecule has 226 valence electrons. The van der Waals surface area contributed by atoms with Crippen LogP contribution in [-0.4, -0.2) is 120 Å². The van der Waals surface area contributed by atoms with E-state index >= 15 is 0 Å². The number of benzene rings is 2. The number of ether oxygens (including phenoxy) is 4. The lowest BCUT2D eigenvalue weighted by molar-refractivity contribution is -0.354. The summed E-state index contributed by atoms with van der Waals surface area (Å²) < 4.78 is 22.2. The van der Waals surface area contributed by atoms with Crippen molar-refractivity contribution in [1.82, 2.24) is 0 Å². The Morgan fingerprint density at radius 2 is 1.46 bits per heavy atom. The van der Waals surface area contributed by atoms with Crippen LogP contribution in [0.3, 0.4) is 0 Å². The zero-order valence-corrected chi connectivity index (χ0v) is 21.9. The number of ketones is 1. The van der Waals surface area contributed by atoms with Crippen molar-refractivity contribution in [2.45, 2.75) is 81.2 Å². The maximum absolute atomic E-state index is 12.7. The molecule has 0 radical (unpaired) electrons. The van der Waals surface area contributed by atoms with Crippen molar-refractivity contribution in [2.75, 3.05) is 6.61 Å². The quantitative estimate of drug-likeness (QED) is 0.156. The van der Waals surface area contributed by atoms with Crippen LogP contribution in [-0.2, 0) is 20.6 Å². The molecule has 2 fully saturated rings. The second kappa shape index (κ2) is 12.9. The van der Waals surface area contributed by atoms with Crippen molar-refractivity contribution in [2.24, 2.45) is 0 Å². The lowest BCUT2D eigenvalue weighted by Crippen LogP contribution is -2.64. The molecule has 14 nitrogen and oxygen atoms in total. The fourth-order valence-corrected chi connectivity index (χ4v) is 4.70. The molecule has 0 aliphatic carbocycles. The van der Waals surface area contributed by atoms with Gasteiger partial charge in [0.2, 0.25) is 6.29 Å². The standard InChI is InChI=1S/C27H34O14/c1-11-20(33)22(35)24(37)26(38-11)41-25-23(36)21(34)18(10-28)40-27(25)39-14-8-16(31)19(17(32)9-14)15(30)7-4-12-2-5-13(29)6-3-12/h2-3,5-6,8-9,11,18,20-29,31-37H,4,7,10H2,1H3/t11-,18+,20-,21+,22+,23-,24-,25+,26+,27+/m1/s1. The molecule has 2 aliphatic rings. The molecule has 2 saturated heterocycles. The van der Waals surface area contributed by atoms with Crippen LogP contribution in [0, 0.1) is 0 Å². The minimum Gasteiger partial charge on any atom is -0.508 e. The van der Waals surface area contributed by atoms with Gasteiger partial charge in [-0.1, -0.05) is 12.1 Å². The predicted octanol–water partition coefficient (Wildman–Crippen LogP) is -1.35. The van der Waals surface area contributed by atoms with E-state index in [9.17, 15) is 50.8 Å². The van der Waals surface area contributed by atoms with Gasteiger partial charge in [0, 0.05) is 18.6 Å². The van der Waals surface area contributed by atoms with E-state index in [1.165, 1.54) is 19.1 Å². The number of rotatable bonds is 9. The average Bonchev–Trinajstić information content (AvgIpc) is 2.93. The van der Waals surface area contributed by atoms with Crippen LogP contribution in [0.15, 0.2) is 36.4 Å². The maximum Gasteiger partial charge on any atom is 0.229 e. The molecule has 2 aliphatic heterocycles. The highest BCUT2D eigenvalue weighted by Gasteiger charge is 2.51. The number of phenolic OH excluding ortho intramolecular Hbond substituents is 3. The van der Waals surface area contributed by atoms with Crippen molar-refractivity contribution < 1.29 is 69.7 Å². The van der Waals surface area contributed by atoms with E-state index < -0.39 is 85.3 Å². The van der Waals surface area contributed by atoms with Gasteiger partial charge < -0.3 is 64.9 Å². The Morgan fingerprint density at radius 3 is 2.07 bits per heavy atom. The molecule has 4 rings (SSSR count). The van der Waals surface area contributed by atoms with Crippen molar-refractivity contribution in [3.63, 3.8) is 0 Å². The van der Waals surface area contributed by atoms with Gasteiger partial charge in [-0.15, -0.1) is 0 Å². The highest BCUT2D eigenvalue weighted by Crippen LogP contribution is 2.36. The van der Waals surface area contributed by atoms with Gasteiger partial charge >= 0.3 is 0 Å². The molecular formula is C27H34O14. The number of hydrogen-bond acceptors (Lipinski definition) is 14. The number of Topliss-reactive ketones (excluding diaryl/α,β-unsaturated/α-hetero) is 1. The Kier molecular flexibility index (Phi) is 9.69. The number of aromatic hydroxyl groups is 3. The summed E-state index contributed by atoms with van der Waals surface area (Å²) >= 11 is 0. The number of aliphatic hydroxyl groups is 6. The van der Waals surface area contributed by atoms with E-state index in [1.807, 2.05) is 0 Å². The molecule has 0 amide bonds. The van der Waals surface area contributed by atoms with Crippen LogP contribution in [0.25, 0.3) is 0 Å². The number of aliphatic hydroxyl groups excluding tert-OH is 6. The summed E-state index contributed by atoms with van der Waals surface area (Å²) in [5, 5.41) is 91.5. The highest BCUT2D eigenvalue weighted by molar-refractivity contribution is 6.01. The van der Waals surface area contributed by atoms with E-state index in [0.29, 0.717) is 0 Å². The van der Waals surface area contributed by atoms with Crippen LogP contribution in [0.2, 0.25) is 0 Å². The van der Waals surface area contributed by atoms with Crippen LogP contribution in [0.4, 0.5) is 0 Å². The van der Waals surface area contributed by atoms with Gasteiger partial charge in [0.05, 0.1) is 12.7 Å². The average molecular weight is 583 g/mol. The molecule has 2 aromatic carbocycles. The van der Waals surface area contributed by atoms with Crippen LogP contribution >= 0.6 is 0 Å². The molecule has 41 heavy (non-hydrogen) atoms. The van der Waals surface area contributed by atoms with Gasteiger partial charge in [0.25, 0.3) is 0 Å². The van der Waals surface area contributed by atoms with Crippen molar-refractivity contribution in [3.8, 4) is 23.0 Å². The van der Waals surface area contributed by atoms with Gasteiger partial charge in [0.15, 0.2) is 18.2 Å². The zero-order chi connectivity index (χ0) is 30.0. The summed E-state index contributed by atoms with van der Waals surface area (Å²) in [5.74, 6) is -2.00. The highest BCUT2D eigenvalue weighted by atomic mass is 16.8. The monoisotopic (exact) mass is 582 g/mol. The second-order valence-electron chi connectivity index (χ2n) is 10.0. The SMILES string of the molecule is C[C@H]1O[C@@H](O[C@@H]2[C@@H](Oc3cc(O)c(C(=O)CCc4ccc(O)cc4)c(O)c3)O[C@@H](CO)[C@H](O)[C@H]2O)[C@H](O)[C@@H](O)[C@@H]1O. The zero-order valence-electron chi connectivity index (χ0n) is 21.9. The molecule has 9 N–H and O–H groups in total. The normalized spacial score (nSPS) is 33.8. The molecule has 0 spiro atoms. The third kappa shape index (κ3) is 6.72. The fourth-order valence-electron chi connectivity index (χ4n) is 4.70. The molecule has 10 atom stereocenters. The Balaban J connectivity index is 1.52. The molecule has 0 saturated carbocycles. The predicted molar refractivity (Wildman–Crippen MR) is 136 cm³/mol. The summed E-state index contributed by atoms with van der Waals surface area (Å²) in [7, 11) is 0. The lowest BCUT2D eigenvalue weighted by Gasteiger charge is -2.45. The number of hydrogen-bond donors (Lipinski definition) is 9. The number of aryl methyl sites for hydroxylation is 1. The Hall–Kier alpha value is -3.05. The molecule has 0 unspecified atom stereocenters. The molecule has 14 heteroatoms.